The molecule has 1 aromatic carbocycles. The van der Waals surface area contributed by atoms with Crippen LogP contribution in [0.4, 0.5) is 4.39 Å². The lowest BCUT2D eigenvalue weighted by atomic mass is 10.2. The van der Waals surface area contributed by atoms with Gasteiger partial charge in [-0.15, -0.1) is 11.8 Å². The number of rotatable bonds is 6. The molecule has 3 aromatic rings. The summed E-state index contributed by atoms with van der Waals surface area (Å²) in [6.07, 6.45) is 1.67. The molecule has 0 aliphatic rings. The van der Waals surface area contributed by atoms with Gasteiger partial charge in [0.2, 0.25) is 0 Å². The van der Waals surface area contributed by atoms with Crippen LogP contribution in [0.25, 0.3) is 0 Å². The molecule has 0 atom stereocenters. The normalized spacial score (nSPS) is 10.8. The number of aromatic nitrogens is 2. The fourth-order valence-corrected chi connectivity index (χ4v) is 3.84. The molecule has 5 nitrogen and oxygen atoms in total. The number of hydrogen-bond donors (Lipinski definition) is 0. The topological polar surface area (TPSA) is 59.2 Å². The summed E-state index contributed by atoms with van der Waals surface area (Å²) in [6, 6.07) is 9.74. The Labute approximate surface area is 161 Å². The minimum absolute atomic E-state index is 0.159. The smallest absolute Gasteiger partial charge is 0.256 e. The molecule has 1 amide bonds. The van der Waals surface area contributed by atoms with E-state index < -0.39 is 0 Å². The summed E-state index contributed by atoms with van der Waals surface area (Å²) in [4.78, 5) is 18.8. The third-order valence-corrected chi connectivity index (χ3v) is 5.22. The molecule has 140 valence electrons. The largest absolute Gasteiger partial charge is 0.361 e. The average Bonchev–Trinajstić information content (AvgIpc) is 2.97. The van der Waals surface area contributed by atoms with E-state index in [1.54, 1.807) is 42.4 Å². The third-order valence-electron chi connectivity index (χ3n) is 4.19. The SMILES string of the molecule is Cc1noc(C)c1CSc1ncccc1C(=O)N(C)Cc1cccc(F)c1. The van der Waals surface area contributed by atoms with Crippen molar-refractivity contribution in [2.75, 3.05) is 7.05 Å². The highest BCUT2D eigenvalue weighted by Gasteiger charge is 2.18. The second kappa shape index (κ2) is 8.35. The van der Waals surface area contributed by atoms with Gasteiger partial charge in [-0.25, -0.2) is 9.37 Å². The molecule has 0 aliphatic carbocycles. The first-order valence-electron chi connectivity index (χ1n) is 8.45. The summed E-state index contributed by atoms with van der Waals surface area (Å²) in [5.74, 6) is 0.914. The maximum atomic E-state index is 13.4. The third kappa shape index (κ3) is 4.54. The van der Waals surface area contributed by atoms with Gasteiger partial charge >= 0.3 is 0 Å². The lowest BCUT2D eigenvalue weighted by Gasteiger charge is -2.18. The summed E-state index contributed by atoms with van der Waals surface area (Å²) < 4.78 is 18.6. The summed E-state index contributed by atoms with van der Waals surface area (Å²) >= 11 is 1.47. The zero-order valence-corrected chi connectivity index (χ0v) is 16.2. The van der Waals surface area contributed by atoms with Crippen LogP contribution >= 0.6 is 11.8 Å². The first-order valence-corrected chi connectivity index (χ1v) is 9.43. The maximum Gasteiger partial charge on any atom is 0.256 e. The van der Waals surface area contributed by atoms with Crippen molar-refractivity contribution in [2.24, 2.45) is 0 Å². The van der Waals surface area contributed by atoms with Crippen molar-refractivity contribution >= 4 is 17.7 Å². The molecule has 0 N–H and O–H groups in total. The van der Waals surface area contributed by atoms with E-state index in [9.17, 15) is 9.18 Å². The average molecular weight is 385 g/mol. The number of amides is 1. The van der Waals surface area contributed by atoms with E-state index in [1.807, 2.05) is 13.8 Å². The van der Waals surface area contributed by atoms with Crippen LogP contribution in [0.5, 0.6) is 0 Å². The first-order chi connectivity index (χ1) is 13.0. The van der Waals surface area contributed by atoms with E-state index in [1.165, 1.54) is 23.9 Å². The highest BCUT2D eigenvalue weighted by Crippen LogP contribution is 2.28. The van der Waals surface area contributed by atoms with Crippen LogP contribution in [0.2, 0.25) is 0 Å². The van der Waals surface area contributed by atoms with Crippen molar-refractivity contribution in [3.8, 4) is 0 Å². The van der Waals surface area contributed by atoms with E-state index in [0.29, 0.717) is 22.9 Å². The van der Waals surface area contributed by atoms with Crippen molar-refractivity contribution in [1.29, 1.82) is 0 Å². The van der Waals surface area contributed by atoms with E-state index in [4.69, 9.17) is 4.52 Å². The number of carbonyl (C=O) groups excluding carboxylic acids is 1. The van der Waals surface area contributed by atoms with Crippen LogP contribution in [0.1, 0.15) is 32.9 Å². The molecule has 0 saturated carbocycles. The molecule has 2 heterocycles. The number of aryl methyl sites for hydroxylation is 2. The Bertz CT molecular complexity index is 938. The molecule has 7 heteroatoms. The highest BCUT2D eigenvalue weighted by molar-refractivity contribution is 7.98. The lowest BCUT2D eigenvalue weighted by molar-refractivity contribution is 0.0780. The van der Waals surface area contributed by atoms with Crippen LogP contribution in [-0.2, 0) is 12.3 Å². The van der Waals surface area contributed by atoms with Crippen molar-refractivity contribution in [1.82, 2.24) is 15.0 Å². The van der Waals surface area contributed by atoms with Gasteiger partial charge < -0.3 is 9.42 Å². The Kier molecular flexibility index (Phi) is 5.91. The number of carbonyl (C=O) groups is 1. The molecule has 2 aromatic heterocycles. The highest BCUT2D eigenvalue weighted by atomic mass is 32.2. The number of thioether (sulfide) groups is 1. The van der Waals surface area contributed by atoms with Crippen LogP contribution in [-0.4, -0.2) is 28.0 Å². The zero-order valence-electron chi connectivity index (χ0n) is 15.4. The fourth-order valence-electron chi connectivity index (χ4n) is 2.70. The standard InChI is InChI=1S/C20H20FN3O2S/c1-13-18(14(2)26-23-13)12-27-19-17(8-5-9-22-19)20(25)24(3)11-15-6-4-7-16(21)10-15/h4-10H,11-12H2,1-3H3. The molecule has 0 bridgehead atoms. The Hall–Kier alpha value is -2.67. The monoisotopic (exact) mass is 385 g/mol. The first kappa shape index (κ1) is 19.1. The van der Waals surface area contributed by atoms with E-state index >= 15 is 0 Å². The van der Waals surface area contributed by atoms with Gasteiger partial charge in [0.25, 0.3) is 5.91 Å². The Morgan fingerprint density at radius 3 is 2.78 bits per heavy atom. The number of halogens is 1. The fraction of sp³-hybridized carbons (Fsp3) is 0.250. The Morgan fingerprint density at radius 2 is 2.07 bits per heavy atom. The molecule has 0 aliphatic heterocycles. The summed E-state index contributed by atoms with van der Waals surface area (Å²) in [5.41, 5.74) is 3.11. The van der Waals surface area contributed by atoms with Gasteiger partial charge in [-0.3, -0.25) is 4.79 Å². The summed E-state index contributed by atoms with van der Waals surface area (Å²) in [7, 11) is 1.70. The molecule has 0 unspecified atom stereocenters. The van der Waals surface area contributed by atoms with Gasteiger partial charge in [0.15, 0.2) is 0 Å². The van der Waals surface area contributed by atoms with Gasteiger partial charge in [-0.2, -0.15) is 0 Å². The quantitative estimate of drug-likeness (QED) is 0.589. The van der Waals surface area contributed by atoms with Gasteiger partial charge in [-0.1, -0.05) is 17.3 Å². The maximum absolute atomic E-state index is 13.4. The number of pyridine rings is 1. The Morgan fingerprint density at radius 1 is 1.26 bits per heavy atom. The minimum Gasteiger partial charge on any atom is -0.361 e. The Balaban J connectivity index is 1.75. The van der Waals surface area contributed by atoms with Gasteiger partial charge in [0.1, 0.15) is 16.6 Å². The van der Waals surface area contributed by atoms with Gasteiger partial charge in [0, 0.05) is 31.1 Å². The molecule has 0 fully saturated rings. The number of nitrogens with zero attached hydrogens (tertiary/aromatic N) is 3. The molecule has 27 heavy (non-hydrogen) atoms. The molecule has 3 rings (SSSR count). The van der Waals surface area contributed by atoms with Crippen molar-refractivity contribution in [2.45, 2.75) is 31.2 Å². The molecule has 0 saturated heterocycles. The second-order valence-corrected chi connectivity index (χ2v) is 7.20. The molecule has 0 radical (unpaired) electrons. The van der Waals surface area contributed by atoms with E-state index in [-0.39, 0.29) is 11.7 Å². The van der Waals surface area contributed by atoms with Crippen molar-refractivity contribution in [3.63, 3.8) is 0 Å². The number of benzene rings is 1. The lowest BCUT2D eigenvalue weighted by Crippen LogP contribution is -2.27. The summed E-state index contributed by atoms with van der Waals surface area (Å²) in [6.45, 7) is 4.08. The van der Waals surface area contributed by atoms with E-state index in [2.05, 4.69) is 10.1 Å². The van der Waals surface area contributed by atoms with Crippen molar-refractivity contribution in [3.05, 3.63) is 76.6 Å². The second-order valence-electron chi connectivity index (χ2n) is 6.24. The zero-order chi connectivity index (χ0) is 19.4. The molecular weight excluding hydrogens is 365 g/mol. The van der Waals surface area contributed by atoms with Crippen molar-refractivity contribution < 1.29 is 13.7 Å². The molecular formula is C20H20FN3O2S. The predicted molar refractivity (Wildman–Crippen MR) is 102 cm³/mol. The summed E-state index contributed by atoms with van der Waals surface area (Å²) in [5, 5.41) is 4.60. The van der Waals surface area contributed by atoms with Crippen LogP contribution in [0, 0.1) is 19.7 Å². The van der Waals surface area contributed by atoms with Gasteiger partial charge in [0.05, 0.1) is 11.3 Å². The number of hydrogen-bond acceptors (Lipinski definition) is 5. The predicted octanol–water partition coefficient (Wildman–Crippen LogP) is 4.39. The molecule has 0 spiro atoms. The minimum atomic E-state index is -0.314. The van der Waals surface area contributed by atoms with Crippen LogP contribution < -0.4 is 0 Å². The van der Waals surface area contributed by atoms with E-state index in [0.717, 1.165) is 22.6 Å². The van der Waals surface area contributed by atoms with Gasteiger partial charge in [-0.05, 0) is 43.7 Å². The van der Waals surface area contributed by atoms with Crippen LogP contribution in [0.15, 0.2) is 52.1 Å². The van der Waals surface area contributed by atoms with Crippen LogP contribution in [0.3, 0.4) is 0 Å².